The average Bonchev–Trinajstić information content (AvgIpc) is 3.35. The summed E-state index contributed by atoms with van der Waals surface area (Å²) in [5, 5.41) is 10.5. The molecular weight excluding hydrogens is 366 g/mol. The summed E-state index contributed by atoms with van der Waals surface area (Å²) >= 11 is 0. The van der Waals surface area contributed by atoms with Crippen molar-refractivity contribution in [2.75, 3.05) is 25.5 Å². The van der Waals surface area contributed by atoms with Gasteiger partial charge in [-0.3, -0.25) is 0 Å². The number of pyridine rings is 1. The molecular formula is C19H20F2N6O. The molecule has 1 aliphatic heterocycles. The highest BCUT2D eigenvalue weighted by Gasteiger charge is 2.30. The minimum Gasteiger partial charge on any atom is -0.495 e. The first-order valence-corrected chi connectivity index (χ1v) is 9.35. The second-order valence-electron chi connectivity index (χ2n) is 7.24. The van der Waals surface area contributed by atoms with Crippen LogP contribution >= 0.6 is 0 Å². The Bertz CT molecular complexity index is 1030. The number of alkyl halides is 1. The van der Waals surface area contributed by atoms with Gasteiger partial charge in [0.1, 0.15) is 23.3 Å². The SMILES string of the molecule is COc1cc2ncc(-c3ccc(F)c(N[C@@H]4CNC[C@H]4F)n3)n2nc1C1CC1. The Morgan fingerprint density at radius 2 is 2.14 bits per heavy atom. The Morgan fingerprint density at radius 1 is 1.29 bits per heavy atom. The van der Waals surface area contributed by atoms with Crippen LogP contribution in [0.2, 0.25) is 0 Å². The van der Waals surface area contributed by atoms with E-state index in [0.29, 0.717) is 29.5 Å². The molecule has 3 aromatic rings. The van der Waals surface area contributed by atoms with Crippen molar-refractivity contribution in [1.29, 1.82) is 0 Å². The number of halogens is 2. The number of hydrogen-bond donors (Lipinski definition) is 2. The van der Waals surface area contributed by atoms with Gasteiger partial charge in [-0.15, -0.1) is 0 Å². The van der Waals surface area contributed by atoms with E-state index in [1.54, 1.807) is 23.9 Å². The zero-order valence-electron chi connectivity index (χ0n) is 15.3. The van der Waals surface area contributed by atoms with E-state index >= 15 is 0 Å². The maximum absolute atomic E-state index is 14.3. The minimum atomic E-state index is -1.09. The van der Waals surface area contributed by atoms with Crippen LogP contribution in [-0.4, -0.2) is 52.0 Å². The zero-order chi connectivity index (χ0) is 19.3. The molecule has 0 amide bonds. The van der Waals surface area contributed by atoms with E-state index in [2.05, 4.69) is 20.6 Å². The third-order valence-electron chi connectivity index (χ3n) is 5.24. The topological polar surface area (TPSA) is 76.4 Å². The Hall–Kier alpha value is -2.81. The molecule has 0 spiro atoms. The quantitative estimate of drug-likeness (QED) is 0.702. The zero-order valence-corrected chi connectivity index (χ0v) is 15.3. The Kier molecular flexibility index (Phi) is 4.12. The number of anilines is 1. The summed E-state index contributed by atoms with van der Waals surface area (Å²) in [5.74, 6) is 0.623. The number of fused-ring (bicyclic) bond motifs is 1. The summed E-state index contributed by atoms with van der Waals surface area (Å²) < 4.78 is 35.3. The number of imidazole rings is 1. The lowest BCUT2D eigenvalue weighted by molar-refractivity contribution is 0.342. The van der Waals surface area contributed by atoms with Gasteiger partial charge in [-0.25, -0.2) is 23.3 Å². The summed E-state index contributed by atoms with van der Waals surface area (Å²) in [6, 6.07) is 4.24. The van der Waals surface area contributed by atoms with Crippen molar-refractivity contribution in [2.45, 2.75) is 31.0 Å². The molecule has 9 heteroatoms. The Balaban J connectivity index is 1.54. The van der Waals surface area contributed by atoms with Gasteiger partial charge in [-0.05, 0) is 25.0 Å². The second-order valence-corrected chi connectivity index (χ2v) is 7.24. The number of nitrogens with zero attached hydrogens (tertiary/aromatic N) is 4. The van der Waals surface area contributed by atoms with Crippen molar-refractivity contribution in [3.8, 4) is 17.1 Å². The van der Waals surface area contributed by atoms with Crippen LogP contribution in [0, 0.1) is 5.82 Å². The molecule has 28 heavy (non-hydrogen) atoms. The fraction of sp³-hybridized carbons (Fsp3) is 0.421. The van der Waals surface area contributed by atoms with Crippen molar-refractivity contribution >= 4 is 11.5 Å². The number of hydrogen-bond acceptors (Lipinski definition) is 6. The summed E-state index contributed by atoms with van der Waals surface area (Å²) in [6.07, 6.45) is 2.73. The smallest absolute Gasteiger partial charge is 0.165 e. The van der Waals surface area contributed by atoms with Crippen LogP contribution in [0.4, 0.5) is 14.6 Å². The van der Waals surface area contributed by atoms with Crippen LogP contribution in [0.15, 0.2) is 24.4 Å². The highest BCUT2D eigenvalue weighted by molar-refractivity contribution is 5.62. The maximum Gasteiger partial charge on any atom is 0.165 e. The third kappa shape index (κ3) is 2.95. The van der Waals surface area contributed by atoms with Crippen LogP contribution in [0.25, 0.3) is 17.0 Å². The number of rotatable bonds is 5. The van der Waals surface area contributed by atoms with Crippen molar-refractivity contribution in [2.24, 2.45) is 0 Å². The van der Waals surface area contributed by atoms with Crippen LogP contribution < -0.4 is 15.4 Å². The van der Waals surface area contributed by atoms with Gasteiger partial charge >= 0.3 is 0 Å². The number of aromatic nitrogens is 4. The van der Waals surface area contributed by atoms with Gasteiger partial charge in [0, 0.05) is 25.1 Å². The van der Waals surface area contributed by atoms with E-state index in [1.807, 2.05) is 6.07 Å². The van der Waals surface area contributed by atoms with Crippen molar-refractivity contribution < 1.29 is 13.5 Å². The van der Waals surface area contributed by atoms with Crippen molar-refractivity contribution in [3.63, 3.8) is 0 Å². The minimum absolute atomic E-state index is 0.0275. The number of ether oxygens (including phenoxy) is 1. The van der Waals surface area contributed by atoms with E-state index in [0.717, 1.165) is 24.3 Å². The largest absolute Gasteiger partial charge is 0.495 e. The van der Waals surface area contributed by atoms with Crippen molar-refractivity contribution in [1.82, 2.24) is 24.9 Å². The van der Waals surface area contributed by atoms with Gasteiger partial charge in [0.2, 0.25) is 0 Å². The Morgan fingerprint density at radius 3 is 2.86 bits per heavy atom. The highest BCUT2D eigenvalue weighted by atomic mass is 19.1. The fourth-order valence-corrected chi connectivity index (χ4v) is 3.54. The van der Waals surface area contributed by atoms with Gasteiger partial charge in [0.25, 0.3) is 0 Å². The molecule has 0 unspecified atom stereocenters. The maximum atomic E-state index is 14.3. The lowest BCUT2D eigenvalue weighted by atomic mass is 10.2. The van der Waals surface area contributed by atoms with Crippen LogP contribution in [0.5, 0.6) is 5.75 Å². The molecule has 3 aromatic heterocycles. The van der Waals surface area contributed by atoms with Crippen LogP contribution in [0.1, 0.15) is 24.5 Å². The molecule has 1 saturated heterocycles. The van der Waals surface area contributed by atoms with Gasteiger partial charge in [0.15, 0.2) is 17.3 Å². The first-order valence-electron chi connectivity index (χ1n) is 9.35. The molecule has 0 aromatic carbocycles. The van der Waals surface area contributed by atoms with E-state index < -0.39 is 18.0 Å². The summed E-state index contributed by atoms with van der Waals surface area (Å²) in [6.45, 7) is 0.677. The van der Waals surface area contributed by atoms with Gasteiger partial charge in [-0.1, -0.05) is 0 Å². The van der Waals surface area contributed by atoms with Gasteiger partial charge < -0.3 is 15.4 Å². The average molecular weight is 386 g/mol. The standard InChI is InChI=1S/C19H20F2N6O/c1-28-16-6-17-23-9-15(27(17)26-18(16)10-2-3-10)13-5-4-11(20)19(24-13)25-14-8-22-7-12(14)21/h4-6,9-10,12,14,22H,2-3,7-8H2,1H3,(H,24,25)/t12-,14-/m1/s1. The highest BCUT2D eigenvalue weighted by Crippen LogP contribution is 2.43. The first-order chi connectivity index (χ1) is 13.6. The lowest BCUT2D eigenvalue weighted by Crippen LogP contribution is -2.30. The summed E-state index contributed by atoms with van der Waals surface area (Å²) in [7, 11) is 1.62. The third-order valence-corrected chi connectivity index (χ3v) is 5.24. The molecule has 4 heterocycles. The first kappa shape index (κ1) is 17.3. The molecule has 1 aliphatic carbocycles. The van der Waals surface area contributed by atoms with Gasteiger partial charge in [-0.2, -0.15) is 5.10 Å². The second kappa shape index (κ2) is 6.66. The number of nitrogens with one attached hydrogen (secondary N) is 2. The molecule has 0 bridgehead atoms. The molecule has 5 rings (SSSR count). The van der Waals surface area contributed by atoms with Crippen LogP contribution in [0.3, 0.4) is 0 Å². The van der Waals surface area contributed by atoms with E-state index in [9.17, 15) is 8.78 Å². The normalized spacial score (nSPS) is 22.0. The molecule has 2 fully saturated rings. The molecule has 1 saturated carbocycles. The van der Waals surface area contributed by atoms with E-state index in [-0.39, 0.29) is 12.4 Å². The molecule has 2 aliphatic rings. The number of methoxy groups -OCH3 is 1. The van der Waals surface area contributed by atoms with E-state index in [1.165, 1.54) is 6.07 Å². The summed E-state index contributed by atoms with van der Waals surface area (Å²) in [4.78, 5) is 8.77. The van der Waals surface area contributed by atoms with Gasteiger partial charge in [0.05, 0.1) is 25.0 Å². The monoisotopic (exact) mass is 386 g/mol. The summed E-state index contributed by atoms with van der Waals surface area (Å²) in [5.41, 5.74) is 2.67. The molecule has 0 radical (unpaired) electrons. The Labute approximate surface area is 160 Å². The molecule has 2 N–H and O–H groups in total. The molecule has 7 nitrogen and oxygen atoms in total. The predicted octanol–water partition coefficient (Wildman–Crippen LogP) is 2.54. The van der Waals surface area contributed by atoms with Crippen molar-refractivity contribution in [3.05, 3.63) is 35.9 Å². The van der Waals surface area contributed by atoms with Crippen LogP contribution in [-0.2, 0) is 0 Å². The lowest BCUT2D eigenvalue weighted by Gasteiger charge is -2.16. The predicted molar refractivity (Wildman–Crippen MR) is 99.9 cm³/mol. The molecule has 2 atom stereocenters. The van der Waals surface area contributed by atoms with E-state index in [4.69, 9.17) is 9.84 Å². The molecule has 146 valence electrons. The fourth-order valence-electron chi connectivity index (χ4n) is 3.54.